The SMILES string of the molecule is C[C@@H]1OC(=O)N(CCSc2nc(C(=O)O)cs2)[C@H]1C=CCC(C)(O)CC1CCC1. The number of carboxylic acids is 1. The second kappa shape index (κ2) is 9.49. The lowest BCUT2D eigenvalue weighted by Gasteiger charge is -2.33. The van der Waals surface area contributed by atoms with Gasteiger partial charge in [0.15, 0.2) is 10.0 Å². The number of carboxylic acid groups (broad SMARTS) is 1. The molecule has 1 amide bonds. The normalized spacial score (nSPS) is 24.5. The van der Waals surface area contributed by atoms with E-state index in [2.05, 4.69) is 4.98 Å². The highest BCUT2D eigenvalue weighted by Crippen LogP contribution is 2.35. The number of hydrogen-bond acceptors (Lipinski definition) is 7. The maximum absolute atomic E-state index is 12.2. The lowest BCUT2D eigenvalue weighted by Crippen LogP contribution is -2.36. The van der Waals surface area contributed by atoms with Crippen LogP contribution < -0.4 is 0 Å². The second-order valence-electron chi connectivity index (χ2n) is 8.06. The maximum Gasteiger partial charge on any atom is 0.410 e. The van der Waals surface area contributed by atoms with Gasteiger partial charge in [-0.1, -0.05) is 43.2 Å². The zero-order valence-corrected chi connectivity index (χ0v) is 18.4. The molecule has 1 saturated carbocycles. The summed E-state index contributed by atoms with van der Waals surface area (Å²) in [6, 6.07) is -0.173. The molecule has 2 fully saturated rings. The molecule has 1 unspecified atom stereocenters. The summed E-state index contributed by atoms with van der Waals surface area (Å²) >= 11 is 2.71. The van der Waals surface area contributed by atoms with Gasteiger partial charge in [0.25, 0.3) is 0 Å². The van der Waals surface area contributed by atoms with E-state index in [0.29, 0.717) is 29.0 Å². The van der Waals surface area contributed by atoms with Crippen LogP contribution in [0.25, 0.3) is 0 Å². The summed E-state index contributed by atoms with van der Waals surface area (Å²) in [5.74, 6) is 0.191. The topological polar surface area (TPSA) is 100.0 Å². The monoisotopic (exact) mass is 440 g/mol. The van der Waals surface area contributed by atoms with Crippen molar-refractivity contribution in [3.63, 3.8) is 0 Å². The van der Waals surface area contributed by atoms with Crippen LogP contribution in [0, 0.1) is 5.92 Å². The molecular weight excluding hydrogens is 412 g/mol. The Balaban J connectivity index is 1.51. The number of carbonyl (C=O) groups is 2. The number of amides is 1. The predicted octanol–water partition coefficient (Wildman–Crippen LogP) is 4.03. The molecule has 0 spiro atoms. The fourth-order valence-electron chi connectivity index (χ4n) is 3.69. The Hall–Kier alpha value is -1.58. The Bertz CT molecular complexity index is 760. The van der Waals surface area contributed by atoms with Gasteiger partial charge < -0.3 is 14.9 Å². The minimum absolute atomic E-state index is 0.0430. The molecule has 1 aliphatic heterocycles. The Labute approximate surface area is 179 Å². The summed E-state index contributed by atoms with van der Waals surface area (Å²) in [6.07, 6.45) is 8.38. The number of aliphatic hydroxyl groups is 1. The zero-order chi connectivity index (χ0) is 21.0. The molecule has 9 heteroatoms. The van der Waals surface area contributed by atoms with Gasteiger partial charge in [0.05, 0.1) is 11.6 Å². The van der Waals surface area contributed by atoms with Crippen molar-refractivity contribution >= 4 is 35.2 Å². The minimum Gasteiger partial charge on any atom is -0.476 e. The zero-order valence-electron chi connectivity index (χ0n) is 16.7. The van der Waals surface area contributed by atoms with Crippen LogP contribution in [0.5, 0.6) is 0 Å². The first-order valence-corrected chi connectivity index (χ1v) is 11.8. The number of cyclic esters (lactones) is 1. The van der Waals surface area contributed by atoms with Crippen LogP contribution in [0.1, 0.15) is 56.4 Å². The number of hydrogen-bond donors (Lipinski definition) is 2. The Morgan fingerprint density at radius 2 is 2.28 bits per heavy atom. The molecule has 1 aromatic heterocycles. The number of ether oxygens (including phenoxy) is 1. The van der Waals surface area contributed by atoms with Gasteiger partial charge in [-0.05, 0) is 32.6 Å². The molecule has 2 heterocycles. The summed E-state index contributed by atoms with van der Waals surface area (Å²) in [5.41, 5.74) is -0.678. The fourth-order valence-corrected chi connectivity index (χ4v) is 5.50. The second-order valence-corrected chi connectivity index (χ2v) is 10.3. The van der Waals surface area contributed by atoms with Crippen molar-refractivity contribution in [1.29, 1.82) is 0 Å². The quantitative estimate of drug-likeness (QED) is 0.418. The first-order chi connectivity index (χ1) is 13.7. The molecule has 2 aliphatic rings. The van der Waals surface area contributed by atoms with Crippen molar-refractivity contribution in [2.45, 2.75) is 68.0 Å². The van der Waals surface area contributed by atoms with Crippen LogP contribution in [0.4, 0.5) is 4.79 Å². The number of nitrogens with zero attached hydrogens (tertiary/aromatic N) is 2. The molecule has 3 rings (SSSR count). The van der Waals surface area contributed by atoms with Crippen LogP contribution in [-0.2, 0) is 4.74 Å². The average Bonchev–Trinajstić information content (AvgIpc) is 3.18. The highest BCUT2D eigenvalue weighted by Gasteiger charge is 2.37. The Morgan fingerprint density at radius 1 is 1.52 bits per heavy atom. The van der Waals surface area contributed by atoms with Crippen LogP contribution in [0.3, 0.4) is 0 Å². The first kappa shape index (κ1) is 22.1. The van der Waals surface area contributed by atoms with E-state index in [-0.39, 0.29) is 23.9 Å². The van der Waals surface area contributed by atoms with Gasteiger partial charge in [0.2, 0.25) is 0 Å². The number of rotatable bonds is 10. The largest absolute Gasteiger partial charge is 0.476 e. The molecule has 0 radical (unpaired) electrons. The molecule has 160 valence electrons. The highest BCUT2D eigenvalue weighted by atomic mass is 32.2. The van der Waals surface area contributed by atoms with E-state index in [1.165, 1.54) is 47.7 Å². The third-order valence-corrected chi connectivity index (χ3v) is 7.47. The van der Waals surface area contributed by atoms with Crippen molar-refractivity contribution in [2.24, 2.45) is 5.92 Å². The number of carbonyl (C=O) groups excluding carboxylic acids is 1. The Morgan fingerprint density at radius 3 is 2.90 bits per heavy atom. The third kappa shape index (κ3) is 5.96. The van der Waals surface area contributed by atoms with Gasteiger partial charge in [-0.25, -0.2) is 14.6 Å². The van der Waals surface area contributed by atoms with Gasteiger partial charge in [-0.3, -0.25) is 4.90 Å². The Kier molecular flexibility index (Phi) is 7.23. The molecule has 0 aromatic carbocycles. The number of thiazole rings is 1. The lowest BCUT2D eigenvalue weighted by molar-refractivity contribution is 0.0226. The van der Waals surface area contributed by atoms with Gasteiger partial charge >= 0.3 is 12.1 Å². The molecule has 1 saturated heterocycles. The van der Waals surface area contributed by atoms with Crippen LogP contribution >= 0.6 is 23.1 Å². The van der Waals surface area contributed by atoms with E-state index in [4.69, 9.17) is 9.84 Å². The minimum atomic E-state index is -1.04. The van der Waals surface area contributed by atoms with Gasteiger partial charge in [0, 0.05) is 17.7 Å². The van der Waals surface area contributed by atoms with Crippen LogP contribution in [0.2, 0.25) is 0 Å². The molecule has 1 aliphatic carbocycles. The fraction of sp³-hybridized carbons (Fsp3) is 0.650. The van der Waals surface area contributed by atoms with E-state index in [1.807, 2.05) is 26.0 Å². The van der Waals surface area contributed by atoms with E-state index in [9.17, 15) is 14.7 Å². The molecule has 2 N–H and O–H groups in total. The van der Waals surface area contributed by atoms with Crippen molar-refractivity contribution in [2.75, 3.05) is 12.3 Å². The van der Waals surface area contributed by atoms with Crippen LogP contribution in [-0.4, -0.2) is 62.2 Å². The van der Waals surface area contributed by atoms with Crippen molar-refractivity contribution in [3.8, 4) is 0 Å². The first-order valence-electron chi connectivity index (χ1n) is 9.93. The summed E-state index contributed by atoms with van der Waals surface area (Å²) in [5, 5.41) is 21.1. The van der Waals surface area contributed by atoms with Crippen LogP contribution in [0.15, 0.2) is 21.9 Å². The summed E-state index contributed by atoms with van der Waals surface area (Å²) in [7, 11) is 0. The molecule has 1 aromatic rings. The van der Waals surface area contributed by atoms with E-state index < -0.39 is 11.6 Å². The molecule has 29 heavy (non-hydrogen) atoms. The molecule has 0 bridgehead atoms. The smallest absolute Gasteiger partial charge is 0.410 e. The van der Waals surface area contributed by atoms with E-state index in [1.54, 1.807) is 4.90 Å². The maximum atomic E-state index is 12.2. The number of aromatic nitrogens is 1. The average molecular weight is 441 g/mol. The van der Waals surface area contributed by atoms with E-state index >= 15 is 0 Å². The van der Waals surface area contributed by atoms with Crippen molar-refractivity contribution in [1.82, 2.24) is 9.88 Å². The highest BCUT2D eigenvalue weighted by molar-refractivity contribution is 8.01. The van der Waals surface area contributed by atoms with E-state index in [0.717, 1.165) is 6.42 Å². The predicted molar refractivity (Wildman–Crippen MR) is 113 cm³/mol. The van der Waals surface area contributed by atoms with Crippen molar-refractivity contribution in [3.05, 3.63) is 23.2 Å². The standard InChI is InChI=1S/C20H28N2O5S2/c1-13-16(7-4-8-20(2,26)11-14-5-3-6-14)22(19(25)27-13)9-10-28-18-21-15(12-29-18)17(23)24/h4,7,12-14,16,26H,3,5-6,8-11H2,1-2H3,(H,23,24)/t13-,16-,20?/m0/s1. The molecule has 7 nitrogen and oxygen atoms in total. The molecular formula is C20H28N2O5S2. The number of thioether (sulfide) groups is 1. The number of aromatic carboxylic acids is 1. The third-order valence-electron chi connectivity index (χ3n) is 5.47. The van der Waals surface area contributed by atoms with Gasteiger partial charge in [-0.2, -0.15) is 0 Å². The van der Waals surface area contributed by atoms with Crippen molar-refractivity contribution < 1.29 is 24.5 Å². The molecule has 3 atom stereocenters. The lowest BCUT2D eigenvalue weighted by atomic mass is 9.77. The summed E-state index contributed by atoms with van der Waals surface area (Å²) in [6.45, 7) is 4.22. The summed E-state index contributed by atoms with van der Waals surface area (Å²) < 4.78 is 6.04. The van der Waals surface area contributed by atoms with Gasteiger partial charge in [0.1, 0.15) is 6.10 Å². The summed E-state index contributed by atoms with van der Waals surface area (Å²) in [4.78, 5) is 28.8. The van der Waals surface area contributed by atoms with Gasteiger partial charge in [-0.15, -0.1) is 11.3 Å².